The Labute approximate surface area is 78.8 Å². The fourth-order valence-corrected chi connectivity index (χ4v) is 1.18. The van der Waals surface area contributed by atoms with Gasteiger partial charge in [-0.2, -0.15) is 0 Å². The van der Waals surface area contributed by atoms with Crippen LogP contribution in [0.2, 0.25) is 0 Å². The van der Waals surface area contributed by atoms with Crippen molar-refractivity contribution >= 4 is 6.16 Å². The number of hydrogen-bond donors (Lipinski definition) is 1. The quantitative estimate of drug-likeness (QED) is 0.300. The predicted octanol–water partition coefficient (Wildman–Crippen LogP) is 1.71. The molecule has 0 aliphatic rings. The standard InChI is InChI=1S/C9H18O4/c1-3-5-6-8(4-2)7-13(12)9(10)11/h8H,3-7H2,1-2H3,(H,10,11). The molecule has 0 heterocycles. The molecule has 1 unspecified atom stereocenters. The number of unbranched alkanes of at least 4 members (excludes halogenated alkanes) is 1. The van der Waals surface area contributed by atoms with Crippen LogP contribution in [0.5, 0.6) is 0 Å². The maximum Gasteiger partial charge on any atom is 0.725 e. The van der Waals surface area contributed by atoms with E-state index in [9.17, 15) is 10.1 Å². The summed E-state index contributed by atoms with van der Waals surface area (Å²) in [4.78, 5) is 10.2. The minimum atomic E-state index is -1.46. The molecule has 4 nitrogen and oxygen atoms in total. The summed E-state index contributed by atoms with van der Waals surface area (Å²) in [5.41, 5.74) is 0. The first kappa shape index (κ1) is 12.2. The lowest BCUT2D eigenvalue weighted by atomic mass is 10.0. The van der Waals surface area contributed by atoms with Crippen molar-refractivity contribution in [3.63, 3.8) is 0 Å². The van der Waals surface area contributed by atoms with E-state index in [0.29, 0.717) is 0 Å². The van der Waals surface area contributed by atoms with E-state index >= 15 is 0 Å². The van der Waals surface area contributed by atoms with Crippen molar-refractivity contribution in [2.75, 3.05) is 6.61 Å². The fourth-order valence-electron chi connectivity index (χ4n) is 1.18. The molecule has 78 valence electrons. The molecule has 13 heavy (non-hydrogen) atoms. The lowest BCUT2D eigenvalue weighted by Crippen LogP contribution is -2.35. The molecule has 0 saturated carbocycles. The Hall–Kier alpha value is -0.770. The molecule has 0 radical (unpaired) electrons. The summed E-state index contributed by atoms with van der Waals surface area (Å²) in [6.07, 6.45) is 2.43. The van der Waals surface area contributed by atoms with Gasteiger partial charge < -0.3 is 14.9 Å². The molecule has 0 aromatic rings. The van der Waals surface area contributed by atoms with Crippen LogP contribution in [0.25, 0.3) is 0 Å². The monoisotopic (exact) mass is 190 g/mol. The Morgan fingerprint density at radius 3 is 2.54 bits per heavy atom. The van der Waals surface area contributed by atoms with E-state index in [1.54, 1.807) is 0 Å². The van der Waals surface area contributed by atoms with E-state index < -0.39 is 6.16 Å². The zero-order valence-electron chi connectivity index (χ0n) is 8.28. The van der Waals surface area contributed by atoms with Crippen molar-refractivity contribution in [3.05, 3.63) is 0 Å². The van der Waals surface area contributed by atoms with Gasteiger partial charge in [0.1, 0.15) is 6.61 Å². The van der Waals surface area contributed by atoms with Gasteiger partial charge in [-0.25, -0.2) is 0 Å². The summed E-state index contributed by atoms with van der Waals surface area (Å²) >= 11 is 0. The molecule has 0 aliphatic carbocycles. The van der Waals surface area contributed by atoms with E-state index in [0.717, 1.165) is 30.2 Å². The molecule has 0 spiro atoms. The Bertz CT molecular complexity index is 147. The molecule has 4 heteroatoms. The van der Waals surface area contributed by atoms with Crippen molar-refractivity contribution < 1.29 is 19.7 Å². The number of carboxylic acid groups (broad SMARTS) is 1. The highest BCUT2D eigenvalue weighted by Crippen LogP contribution is 2.14. The van der Waals surface area contributed by atoms with Gasteiger partial charge in [-0.15, -0.1) is 0 Å². The van der Waals surface area contributed by atoms with Crippen molar-refractivity contribution in [1.29, 1.82) is 0 Å². The van der Waals surface area contributed by atoms with Crippen molar-refractivity contribution in [3.8, 4) is 0 Å². The molecular weight excluding hydrogens is 172 g/mol. The van der Waals surface area contributed by atoms with Crippen LogP contribution in [0.4, 0.5) is 4.79 Å². The maximum absolute atomic E-state index is 10.7. The molecular formula is C9H18O4. The van der Waals surface area contributed by atoms with Gasteiger partial charge in [-0.05, 0) is 12.8 Å². The second-order valence-corrected chi connectivity index (χ2v) is 3.19. The second-order valence-electron chi connectivity index (χ2n) is 3.19. The zero-order valence-corrected chi connectivity index (χ0v) is 8.28. The van der Waals surface area contributed by atoms with Crippen LogP contribution < -0.4 is 5.26 Å². The minimum Gasteiger partial charge on any atom is -0.626 e. The molecule has 0 aliphatic heterocycles. The first-order chi connectivity index (χ1) is 6.11. The van der Waals surface area contributed by atoms with Crippen molar-refractivity contribution in [1.82, 2.24) is 0 Å². The van der Waals surface area contributed by atoms with Crippen LogP contribution in [-0.4, -0.2) is 17.9 Å². The number of rotatable bonds is 6. The summed E-state index contributed by atoms with van der Waals surface area (Å²) in [7, 11) is 0. The molecule has 0 aromatic carbocycles. The van der Waals surface area contributed by atoms with Gasteiger partial charge in [0, 0.05) is 10.7 Å². The van der Waals surface area contributed by atoms with Crippen LogP contribution in [0.15, 0.2) is 0 Å². The third-order valence-corrected chi connectivity index (χ3v) is 2.13. The highest BCUT2D eigenvalue weighted by molar-refractivity contribution is 5.57. The van der Waals surface area contributed by atoms with Gasteiger partial charge in [-0.1, -0.05) is 26.7 Å². The minimum absolute atomic E-state index is 0.0336. The third-order valence-electron chi connectivity index (χ3n) is 2.13. The Morgan fingerprint density at radius 2 is 2.15 bits per heavy atom. The van der Waals surface area contributed by atoms with Crippen LogP contribution in [-0.2, 0) is 4.52 Å². The largest absolute Gasteiger partial charge is 0.725 e. The van der Waals surface area contributed by atoms with E-state index in [2.05, 4.69) is 6.92 Å². The molecule has 0 bridgehead atoms. The van der Waals surface area contributed by atoms with Gasteiger partial charge in [-0.3, -0.25) is 0 Å². The first-order valence-electron chi connectivity index (χ1n) is 4.73. The molecule has 1 N–H and O–H groups in total. The zero-order chi connectivity index (χ0) is 10.3. The molecule has 0 aromatic heterocycles. The average Bonchev–Trinajstić information content (AvgIpc) is 2.11. The summed E-state index contributed by atoms with van der Waals surface area (Å²) in [6.45, 7) is 4.08. The number of hydrogen-bond acceptors (Lipinski definition) is 2. The number of carbonyl (C=O) groups is 1. The molecule has 0 rings (SSSR count). The normalized spacial score (nSPS) is 12.5. The topological polar surface area (TPSA) is 63.1 Å². The van der Waals surface area contributed by atoms with Crippen molar-refractivity contribution in [2.45, 2.75) is 39.5 Å². The van der Waals surface area contributed by atoms with Gasteiger partial charge in [0.15, 0.2) is 0 Å². The average molecular weight is 190 g/mol. The van der Waals surface area contributed by atoms with E-state index in [1.165, 1.54) is 0 Å². The third kappa shape index (κ3) is 5.47. The lowest BCUT2D eigenvalue weighted by molar-refractivity contribution is -0.761. The predicted molar refractivity (Wildman–Crippen MR) is 47.3 cm³/mol. The molecule has 0 fully saturated rings. The van der Waals surface area contributed by atoms with Crippen molar-refractivity contribution in [2.24, 2.45) is 5.92 Å². The maximum atomic E-state index is 10.7. The van der Waals surface area contributed by atoms with Gasteiger partial charge in [0.2, 0.25) is 0 Å². The van der Waals surface area contributed by atoms with Crippen LogP contribution >= 0.6 is 0 Å². The van der Waals surface area contributed by atoms with Gasteiger partial charge in [0.05, 0.1) is 0 Å². The highest BCUT2D eigenvalue weighted by Gasteiger charge is 2.15. The summed E-state index contributed by atoms with van der Waals surface area (Å²) in [5.74, 6) is 0.179. The Kier molecular flexibility index (Phi) is 6.32. The van der Waals surface area contributed by atoms with E-state index in [4.69, 9.17) is 5.11 Å². The first-order valence-corrected chi connectivity index (χ1v) is 4.73. The SMILES string of the molecule is CCCCC(CC)C[O+]([O-])C(=O)O. The highest BCUT2D eigenvalue weighted by atomic mass is 17.2. The lowest BCUT2D eigenvalue weighted by Gasteiger charge is -2.28. The molecule has 1 atom stereocenters. The fraction of sp³-hybridized carbons (Fsp3) is 0.889. The van der Waals surface area contributed by atoms with Crippen LogP contribution in [0, 0.1) is 5.92 Å². The van der Waals surface area contributed by atoms with E-state index in [-0.39, 0.29) is 12.5 Å². The summed E-state index contributed by atoms with van der Waals surface area (Å²) in [5, 5.41) is 19.0. The Morgan fingerprint density at radius 1 is 1.54 bits per heavy atom. The smallest absolute Gasteiger partial charge is 0.626 e. The summed E-state index contributed by atoms with van der Waals surface area (Å²) < 4.78 is 0.908. The Balaban J connectivity index is 3.75. The van der Waals surface area contributed by atoms with Crippen LogP contribution in [0.3, 0.4) is 0 Å². The van der Waals surface area contributed by atoms with Gasteiger partial charge in [0.25, 0.3) is 0 Å². The molecule has 0 amide bonds. The summed E-state index contributed by atoms with van der Waals surface area (Å²) in [6, 6.07) is 0. The van der Waals surface area contributed by atoms with Gasteiger partial charge >= 0.3 is 6.16 Å². The van der Waals surface area contributed by atoms with E-state index in [1.807, 2.05) is 6.92 Å². The van der Waals surface area contributed by atoms with Crippen LogP contribution in [0.1, 0.15) is 39.5 Å². The second kappa shape index (κ2) is 6.71. The molecule has 0 saturated heterocycles.